The van der Waals surface area contributed by atoms with E-state index in [0.717, 1.165) is 37.3 Å². The molecular formula is C15H26N4O. The number of nitrogens with zero attached hydrogens (tertiary/aromatic N) is 4. The molecule has 0 bridgehead atoms. The van der Waals surface area contributed by atoms with E-state index >= 15 is 0 Å². The van der Waals surface area contributed by atoms with Crippen LogP contribution >= 0.6 is 0 Å². The Morgan fingerprint density at radius 1 is 1.25 bits per heavy atom. The lowest BCUT2D eigenvalue weighted by Gasteiger charge is -2.33. The van der Waals surface area contributed by atoms with E-state index in [2.05, 4.69) is 35.3 Å². The van der Waals surface area contributed by atoms with Crippen LogP contribution < -0.4 is 0 Å². The van der Waals surface area contributed by atoms with E-state index in [1.807, 2.05) is 4.68 Å². The maximum Gasteiger partial charge on any atom is 0.0967 e. The van der Waals surface area contributed by atoms with Crippen molar-refractivity contribution in [2.24, 2.45) is 11.8 Å². The first kappa shape index (κ1) is 14.0. The summed E-state index contributed by atoms with van der Waals surface area (Å²) >= 11 is 0. The van der Waals surface area contributed by atoms with Gasteiger partial charge in [-0.25, -0.2) is 4.68 Å². The van der Waals surface area contributed by atoms with Crippen LogP contribution in [0.2, 0.25) is 0 Å². The number of hydrogen-bond acceptors (Lipinski definition) is 4. The number of likely N-dealkylation sites (tertiary alicyclic amines) is 1. The number of piperidine rings is 1. The highest BCUT2D eigenvalue weighted by molar-refractivity contribution is 4.94. The van der Waals surface area contributed by atoms with Gasteiger partial charge in [-0.3, -0.25) is 4.90 Å². The third-order valence-corrected chi connectivity index (χ3v) is 4.74. The van der Waals surface area contributed by atoms with Gasteiger partial charge in [0.1, 0.15) is 0 Å². The molecule has 5 nitrogen and oxygen atoms in total. The molecule has 2 aliphatic rings. The van der Waals surface area contributed by atoms with Crippen molar-refractivity contribution in [2.45, 2.75) is 45.7 Å². The minimum atomic E-state index is 0.393. The summed E-state index contributed by atoms with van der Waals surface area (Å²) < 4.78 is 7.47. The lowest BCUT2D eigenvalue weighted by Crippen LogP contribution is -2.36. The predicted molar refractivity (Wildman–Crippen MR) is 77.3 cm³/mol. The standard InChI is InChI=1S/C15H26N4O/c1-12(2)19-10-15(16-17-19)9-18-6-3-13(4-7-18)14-5-8-20-11-14/h10,12-14H,3-9,11H2,1-2H3. The maximum atomic E-state index is 5.52. The summed E-state index contributed by atoms with van der Waals surface area (Å²) in [6, 6.07) is 0.393. The summed E-state index contributed by atoms with van der Waals surface area (Å²) in [5.41, 5.74) is 1.10. The van der Waals surface area contributed by atoms with Crippen molar-refractivity contribution in [3.05, 3.63) is 11.9 Å². The molecule has 112 valence electrons. The van der Waals surface area contributed by atoms with Crippen LogP contribution in [0.25, 0.3) is 0 Å². The second kappa shape index (κ2) is 6.22. The third-order valence-electron chi connectivity index (χ3n) is 4.74. The zero-order chi connectivity index (χ0) is 13.9. The Labute approximate surface area is 121 Å². The first-order chi connectivity index (χ1) is 9.72. The fraction of sp³-hybridized carbons (Fsp3) is 0.867. The van der Waals surface area contributed by atoms with Gasteiger partial charge in [-0.05, 0) is 58.0 Å². The number of rotatable bonds is 4. The highest BCUT2D eigenvalue weighted by atomic mass is 16.5. The molecule has 3 rings (SSSR count). The molecule has 2 aliphatic heterocycles. The molecule has 1 unspecified atom stereocenters. The van der Waals surface area contributed by atoms with Gasteiger partial charge in [0.15, 0.2) is 0 Å². The summed E-state index contributed by atoms with van der Waals surface area (Å²) in [5, 5.41) is 8.46. The average molecular weight is 278 g/mol. The first-order valence-electron chi connectivity index (χ1n) is 7.93. The molecule has 3 heterocycles. The summed E-state index contributed by atoms with van der Waals surface area (Å²) in [6.07, 6.45) is 5.98. The normalized spacial score (nSPS) is 25.6. The summed E-state index contributed by atoms with van der Waals surface area (Å²) in [6.45, 7) is 9.56. The third kappa shape index (κ3) is 3.20. The van der Waals surface area contributed by atoms with Crippen molar-refractivity contribution in [1.29, 1.82) is 0 Å². The molecule has 0 amide bonds. The van der Waals surface area contributed by atoms with Gasteiger partial charge in [-0.1, -0.05) is 5.21 Å². The second-order valence-electron chi connectivity index (χ2n) is 6.52. The Morgan fingerprint density at radius 2 is 2.05 bits per heavy atom. The quantitative estimate of drug-likeness (QED) is 0.846. The smallest absolute Gasteiger partial charge is 0.0967 e. The van der Waals surface area contributed by atoms with Crippen LogP contribution in [0, 0.1) is 11.8 Å². The zero-order valence-electron chi connectivity index (χ0n) is 12.7. The second-order valence-corrected chi connectivity index (χ2v) is 6.52. The molecule has 0 aromatic carbocycles. The van der Waals surface area contributed by atoms with Crippen molar-refractivity contribution < 1.29 is 4.74 Å². The van der Waals surface area contributed by atoms with Crippen LogP contribution in [-0.4, -0.2) is 46.2 Å². The van der Waals surface area contributed by atoms with Crippen LogP contribution in [0.1, 0.15) is 44.8 Å². The van der Waals surface area contributed by atoms with Crippen LogP contribution in [0.4, 0.5) is 0 Å². The van der Waals surface area contributed by atoms with E-state index in [0.29, 0.717) is 6.04 Å². The van der Waals surface area contributed by atoms with Crippen LogP contribution in [0.15, 0.2) is 6.20 Å². The van der Waals surface area contributed by atoms with Gasteiger partial charge in [0.05, 0.1) is 11.9 Å². The Hall–Kier alpha value is -0.940. The SMILES string of the molecule is CC(C)n1cc(CN2CCC(C3CCOC3)CC2)nn1. The monoisotopic (exact) mass is 278 g/mol. The molecule has 1 aromatic heterocycles. The minimum Gasteiger partial charge on any atom is -0.381 e. The molecule has 2 saturated heterocycles. The molecular weight excluding hydrogens is 252 g/mol. The number of aromatic nitrogens is 3. The lowest BCUT2D eigenvalue weighted by atomic mass is 9.84. The van der Waals surface area contributed by atoms with Crippen LogP contribution in [0.3, 0.4) is 0 Å². The lowest BCUT2D eigenvalue weighted by molar-refractivity contribution is 0.121. The van der Waals surface area contributed by atoms with Gasteiger partial charge in [-0.2, -0.15) is 0 Å². The van der Waals surface area contributed by atoms with E-state index in [-0.39, 0.29) is 0 Å². The maximum absolute atomic E-state index is 5.52. The van der Waals surface area contributed by atoms with Crippen LogP contribution in [0.5, 0.6) is 0 Å². The molecule has 0 saturated carbocycles. The van der Waals surface area contributed by atoms with Crippen molar-refractivity contribution in [3.63, 3.8) is 0 Å². The number of ether oxygens (including phenoxy) is 1. The summed E-state index contributed by atoms with van der Waals surface area (Å²) in [4.78, 5) is 2.51. The molecule has 5 heteroatoms. The van der Waals surface area contributed by atoms with Gasteiger partial charge >= 0.3 is 0 Å². The van der Waals surface area contributed by atoms with Crippen LogP contribution in [-0.2, 0) is 11.3 Å². The molecule has 0 N–H and O–H groups in total. The molecule has 1 aromatic rings. The Kier molecular flexibility index (Phi) is 4.36. The van der Waals surface area contributed by atoms with E-state index in [1.165, 1.54) is 32.4 Å². The molecule has 0 radical (unpaired) electrons. The summed E-state index contributed by atoms with van der Waals surface area (Å²) in [5.74, 6) is 1.69. The van der Waals surface area contributed by atoms with Crippen molar-refractivity contribution >= 4 is 0 Å². The van der Waals surface area contributed by atoms with E-state index < -0.39 is 0 Å². The Balaban J connectivity index is 1.48. The fourth-order valence-electron chi connectivity index (χ4n) is 3.37. The van der Waals surface area contributed by atoms with Gasteiger partial charge in [0, 0.05) is 25.8 Å². The number of hydrogen-bond donors (Lipinski definition) is 0. The van der Waals surface area contributed by atoms with Crippen molar-refractivity contribution in [2.75, 3.05) is 26.3 Å². The van der Waals surface area contributed by atoms with Gasteiger partial charge in [0.2, 0.25) is 0 Å². The molecule has 1 atom stereocenters. The Bertz CT molecular complexity index is 417. The van der Waals surface area contributed by atoms with E-state index in [1.54, 1.807) is 0 Å². The average Bonchev–Trinajstić information content (AvgIpc) is 3.10. The highest BCUT2D eigenvalue weighted by Crippen LogP contribution is 2.30. The van der Waals surface area contributed by atoms with Crippen molar-refractivity contribution in [3.8, 4) is 0 Å². The minimum absolute atomic E-state index is 0.393. The topological polar surface area (TPSA) is 43.2 Å². The highest BCUT2D eigenvalue weighted by Gasteiger charge is 2.29. The molecule has 2 fully saturated rings. The molecule has 0 aliphatic carbocycles. The van der Waals surface area contributed by atoms with Gasteiger partial charge in [-0.15, -0.1) is 5.10 Å². The molecule has 0 spiro atoms. The van der Waals surface area contributed by atoms with Crippen molar-refractivity contribution in [1.82, 2.24) is 19.9 Å². The molecule has 20 heavy (non-hydrogen) atoms. The first-order valence-corrected chi connectivity index (χ1v) is 7.93. The largest absolute Gasteiger partial charge is 0.381 e. The summed E-state index contributed by atoms with van der Waals surface area (Å²) in [7, 11) is 0. The predicted octanol–water partition coefficient (Wildman–Crippen LogP) is 2.11. The van der Waals surface area contributed by atoms with Gasteiger partial charge in [0.25, 0.3) is 0 Å². The fourth-order valence-corrected chi connectivity index (χ4v) is 3.37. The Morgan fingerprint density at radius 3 is 2.65 bits per heavy atom. The van der Waals surface area contributed by atoms with Gasteiger partial charge < -0.3 is 4.74 Å². The van der Waals surface area contributed by atoms with E-state index in [9.17, 15) is 0 Å². The van der Waals surface area contributed by atoms with E-state index in [4.69, 9.17) is 4.74 Å². The zero-order valence-corrected chi connectivity index (χ0v) is 12.7.